The summed E-state index contributed by atoms with van der Waals surface area (Å²) in [6.07, 6.45) is -1.69. The summed E-state index contributed by atoms with van der Waals surface area (Å²) in [7, 11) is 0. The normalized spacial score (nSPS) is 19.3. The van der Waals surface area contributed by atoms with Crippen LogP contribution in [0.25, 0.3) is 0 Å². The molecule has 3 N–H and O–H groups in total. The van der Waals surface area contributed by atoms with Gasteiger partial charge in [-0.25, -0.2) is 9.59 Å². The Morgan fingerprint density at radius 2 is 1.76 bits per heavy atom. The molecule has 0 atom stereocenters. The fraction of sp³-hybridized carbons (Fsp3) is 0.423. The van der Waals surface area contributed by atoms with Crippen molar-refractivity contribution in [3.05, 3.63) is 58.1 Å². The molecule has 1 heterocycles. The Balaban J connectivity index is 1.28. The number of nitrogens with zero attached hydrogens (tertiary/aromatic N) is 1. The number of anilines is 2. The topological polar surface area (TPSA) is 108 Å². The van der Waals surface area contributed by atoms with Crippen molar-refractivity contribution in [1.82, 2.24) is 4.90 Å². The van der Waals surface area contributed by atoms with Crippen molar-refractivity contribution < 1.29 is 37.4 Å². The van der Waals surface area contributed by atoms with Gasteiger partial charge in [0.25, 0.3) is 0 Å². The molecule has 38 heavy (non-hydrogen) atoms. The maximum Gasteiger partial charge on any atom is 0.416 e. The van der Waals surface area contributed by atoms with Crippen LogP contribution in [0.1, 0.15) is 48.8 Å². The van der Waals surface area contributed by atoms with Crippen LogP contribution in [0.4, 0.5) is 34.1 Å². The van der Waals surface area contributed by atoms with Crippen LogP contribution >= 0.6 is 11.6 Å². The highest BCUT2D eigenvalue weighted by Gasteiger charge is 2.31. The van der Waals surface area contributed by atoms with Crippen LogP contribution in [-0.2, 0) is 28.7 Å². The summed E-state index contributed by atoms with van der Waals surface area (Å²) in [5.74, 6) is -0.680. The number of carbonyl (C=O) groups excluding carboxylic acids is 2. The van der Waals surface area contributed by atoms with Crippen LogP contribution < -0.4 is 10.6 Å². The monoisotopic (exact) mass is 553 g/mol. The molecule has 0 saturated heterocycles. The van der Waals surface area contributed by atoms with Crippen LogP contribution in [0.3, 0.4) is 0 Å². The van der Waals surface area contributed by atoms with Crippen LogP contribution in [0.5, 0.6) is 0 Å². The highest BCUT2D eigenvalue weighted by Crippen LogP contribution is 2.34. The summed E-state index contributed by atoms with van der Waals surface area (Å²) in [5.41, 5.74) is 1.48. The van der Waals surface area contributed by atoms with E-state index in [9.17, 15) is 27.6 Å². The Hall–Kier alpha value is -3.47. The minimum absolute atomic E-state index is 0.0413. The molecule has 4 rings (SSSR count). The number of aliphatic carboxylic acids is 1. The van der Waals surface area contributed by atoms with Gasteiger partial charge in [0.15, 0.2) is 0 Å². The van der Waals surface area contributed by atoms with Gasteiger partial charge in [0.05, 0.1) is 16.3 Å². The Bertz CT molecular complexity index is 1220. The number of nitrogens with one attached hydrogen (secondary N) is 2. The zero-order chi connectivity index (χ0) is 27.4. The van der Waals surface area contributed by atoms with Crippen molar-refractivity contribution in [2.24, 2.45) is 5.92 Å². The van der Waals surface area contributed by atoms with Gasteiger partial charge < -0.3 is 25.4 Å². The van der Waals surface area contributed by atoms with E-state index in [1.165, 1.54) is 0 Å². The molecule has 0 spiro atoms. The molecule has 1 aliphatic carbocycles. The van der Waals surface area contributed by atoms with E-state index in [-0.39, 0.29) is 29.2 Å². The van der Waals surface area contributed by atoms with Gasteiger partial charge in [0, 0.05) is 25.2 Å². The molecule has 0 bridgehead atoms. The second kappa shape index (κ2) is 11.5. The van der Waals surface area contributed by atoms with E-state index in [1.54, 1.807) is 23.1 Å². The van der Waals surface area contributed by atoms with Crippen molar-refractivity contribution in [2.75, 3.05) is 17.2 Å². The molecular formula is C26H27ClF3N3O5. The molecule has 2 aromatic carbocycles. The molecular weight excluding hydrogens is 527 g/mol. The van der Waals surface area contributed by atoms with Crippen molar-refractivity contribution in [2.45, 2.75) is 57.3 Å². The summed E-state index contributed by atoms with van der Waals surface area (Å²) in [6, 6.07) is 7.27. The van der Waals surface area contributed by atoms with Gasteiger partial charge >= 0.3 is 24.3 Å². The van der Waals surface area contributed by atoms with E-state index in [4.69, 9.17) is 21.4 Å². The molecule has 2 aliphatic rings. The smallest absolute Gasteiger partial charge is 0.416 e. The number of carbonyl (C=O) groups is 3. The summed E-state index contributed by atoms with van der Waals surface area (Å²) in [5, 5.41) is 13.8. The van der Waals surface area contributed by atoms with Gasteiger partial charge in [-0.2, -0.15) is 13.2 Å². The quantitative estimate of drug-likeness (QED) is 0.390. The fourth-order valence-corrected chi connectivity index (χ4v) is 5.01. The van der Waals surface area contributed by atoms with Gasteiger partial charge in [-0.05, 0) is 79.5 Å². The number of fused-ring (bicyclic) bond motifs is 1. The molecule has 3 amide bonds. The molecule has 1 saturated carbocycles. The van der Waals surface area contributed by atoms with E-state index >= 15 is 0 Å². The molecule has 0 unspecified atom stereocenters. The van der Waals surface area contributed by atoms with Gasteiger partial charge in [0.1, 0.15) is 6.10 Å². The number of halogens is 4. The number of urea groups is 1. The molecule has 1 aliphatic heterocycles. The Morgan fingerprint density at radius 3 is 2.42 bits per heavy atom. The lowest BCUT2D eigenvalue weighted by Crippen LogP contribution is -2.39. The lowest BCUT2D eigenvalue weighted by atomic mass is 9.85. The predicted octanol–water partition coefficient (Wildman–Crippen LogP) is 6.53. The van der Waals surface area contributed by atoms with Crippen molar-refractivity contribution in [3.63, 3.8) is 0 Å². The minimum atomic E-state index is -4.54. The Kier molecular flexibility index (Phi) is 8.35. The number of benzene rings is 2. The second-order valence-corrected chi connectivity index (χ2v) is 9.96. The van der Waals surface area contributed by atoms with Gasteiger partial charge in [0.2, 0.25) is 0 Å². The summed E-state index contributed by atoms with van der Waals surface area (Å²) in [4.78, 5) is 37.6. The molecule has 8 nitrogen and oxygen atoms in total. The number of amides is 3. The summed E-state index contributed by atoms with van der Waals surface area (Å²) >= 11 is 5.90. The lowest BCUT2D eigenvalue weighted by Gasteiger charge is -2.32. The van der Waals surface area contributed by atoms with E-state index < -0.39 is 29.8 Å². The maximum atomic E-state index is 12.8. The second-order valence-electron chi connectivity index (χ2n) is 9.55. The highest BCUT2D eigenvalue weighted by atomic mass is 35.5. The lowest BCUT2D eigenvalue weighted by molar-refractivity contribution is -0.139. The molecule has 2 aromatic rings. The first kappa shape index (κ1) is 27.6. The molecule has 12 heteroatoms. The zero-order valence-corrected chi connectivity index (χ0v) is 21.1. The van der Waals surface area contributed by atoms with Gasteiger partial charge in [-0.15, -0.1) is 0 Å². The summed E-state index contributed by atoms with van der Waals surface area (Å²) < 4.78 is 44.1. The van der Waals surface area contributed by atoms with Crippen molar-refractivity contribution in [1.29, 1.82) is 0 Å². The third-order valence-electron chi connectivity index (χ3n) is 6.80. The first-order valence-electron chi connectivity index (χ1n) is 12.2. The largest absolute Gasteiger partial charge is 0.481 e. The predicted molar refractivity (Wildman–Crippen MR) is 134 cm³/mol. The number of carboxylic acid groups (broad SMARTS) is 1. The van der Waals surface area contributed by atoms with Crippen LogP contribution in [0, 0.1) is 5.92 Å². The first-order chi connectivity index (χ1) is 18.0. The maximum absolute atomic E-state index is 12.8. The molecule has 0 radical (unpaired) electrons. The fourth-order valence-electron chi connectivity index (χ4n) is 4.78. The van der Waals surface area contributed by atoms with E-state index in [2.05, 4.69) is 10.6 Å². The van der Waals surface area contributed by atoms with E-state index in [0.717, 1.165) is 42.2 Å². The number of alkyl halides is 3. The first-order valence-corrected chi connectivity index (χ1v) is 12.6. The Labute approximate surface area is 222 Å². The third-order valence-corrected chi connectivity index (χ3v) is 7.12. The highest BCUT2D eigenvalue weighted by molar-refractivity contribution is 6.33. The summed E-state index contributed by atoms with van der Waals surface area (Å²) in [6.45, 7) is 0.799. The van der Waals surface area contributed by atoms with Crippen LogP contribution in [0.2, 0.25) is 5.02 Å². The number of rotatable bonds is 5. The van der Waals surface area contributed by atoms with Gasteiger partial charge in [-0.1, -0.05) is 17.7 Å². The Morgan fingerprint density at radius 1 is 1.03 bits per heavy atom. The number of ether oxygens (including phenoxy) is 1. The number of hydrogen-bond acceptors (Lipinski definition) is 4. The van der Waals surface area contributed by atoms with Crippen molar-refractivity contribution >= 4 is 41.1 Å². The van der Waals surface area contributed by atoms with Crippen LogP contribution in [0.15, 0.2) is 36.4 Å². The zero-order valence-electron chi connectivity index (χ0n) is 20.3. The molecule has 0 aromatic heterocycles. The minimum Gasteiger partial charge on any atom is -0.481 e. The average molecular weight is 554 g/mol. The van der Waals surface area contributed by atoms with Crippen LogP contribution in [-0.4, -0.2) is 40.7 Å². The standard InChI is InChI=1S/C26H27ClF3N3O5/c27-21-13-18(26(28,29)30)4-8-22(21)32-24(36)31-19-5-3-17-14-33(10-9-16(17)12-19)25(37)38-20-6-1-15(2-7-20)11-23(34)35/h3-5,8,12-13,15,20H,1-2,6-7,9-11,14H2,(H,34,35)(H2,31,32,36). The van der Waals surface area contributed by atoms with Gasteiger partial charge in [-0.3, -0.25) is 4.79 Å². The third kappa shape index (κ3) is 7.09. The average Bonchev–Trinajstić information content (AvgIpc) is 2.85. The number of carboxylic acids is 1. The molecule has 204 valence electrons. The van der Waals surface area contributed by atoms with E-state index in [0.29, 0.717) is 38.0 Å². The SMILES string of the molecule is O=C(O)CC1CCC(OC(=O)N2CCc3cc(NC(=O)Nc4ccc(C(F)(F)F)cc4Cl)ccc3C2)CC1. The van der Waals surface area contributed by atoms with Crippen molar-refractivity contribution in [3.8, 4) is 0 Å². The number of hydrogen-bond donors (Lipinski definition) is 3. The van der Waals surface area contributed by atoms with E-state index in [1.807, 2.05) is 0 Å². The molecule has 1 fully saturated rings.